The predicted octanol–water partition coefficient (Wildman–Crippen LogP) is 2.18. The molecule has 0 aliphatic carbocycles. The standard InChI is InChI=1S/C14H20N4O2S/c1-3-4-8-21(19,20)17-14-15-11-18(16-14)10-13-7-5-6-12(2)9-13/h5-7,9,11H,3-4,8,10H2,1-2H3,(H,16,17). The number of aryl methyl sites for hydroxylation is 1. The summed E-state index contributed by atoms with van der Waals surface area (Å²) in [6.07, 6.45) is 2.98. The lowest BCUT2D eigenvalue weighted by molar-refractivity contribution is 0.597. The zero-order chi connectivity index (χ0) is 15.3. The van der Waals surface area contributed by atoms with E-state index in [0.717, 1.165) is 12.0 Å². The molecule has 0 spiro atoms. The summed E-state index contributed by atoms with van der Waals surface area (Å²) in [5.74, 6) is 0.217. The number of unbranched alkanes of at least 4 members (excludes halogenated alkanes) is 1. The number of benzene rings is 1. The van der Waals surface area contributed by atoms with Gasteiger partial charge in [-0.2, -0.15) is 4.98 Å². The van der Waals surface area contributed by atoms with Gasteiger partial charge >= 0.3 is 0 Å². The van der Waals surface area contributed by atoms with Crippen molar-refractivity contribution in [3.05, 3.63) is 41.7 Å². The van der Waals surface area contributed by atoms with E-state index in [9.17, 15) is 8.42 Å². The Balaban J connectivity index is 2.01. The fourth-order valence-corrected chi connectivity index (χ4v) is 3.08. The highest BCUT2D eigenvalue weighted by Gasteiger charge is 2.12. The van der Waals surface area contributed by atoms with Gasteiger partial charge in [0, 0.05) is 0 Å². The lowest BCUT2D eigenvalue weighted by atomic mass is 10.1. The first-order valence-electron chi connectivity index (χ1n) is 6.94. The van der Waals surface area contributed by atoms with Crippen molar-refractivity contribution in [1.82, 2.24) is 14.8 Å². The van der Waals surface area contributed by atoms with Crippen molar-refractivity contribution < 1.29 is 8.42 Å². The van der Waals surface area contributed by atoms with Crippen LogP contribution in [0.2, 0.25) is 0 Å². The third kappa shape index (κ3) is 4.86. The van der Waals surface area contributed by atoms with E-state index in [-0.39, 0.29) is 11.7 Å². The predicted molar refractivity (Wildman–Crippen MR) is 82.6 cm³/mol. The first-order valence-corrected chi connectivity index (χ1v) is 8.59. The van der Waals surface area contributed by atoms with Crippen molar-refractivity contribution in [2.75, 3.05) is 10.5 Å². The summed E-state index contributed by atoms with van der Waals surface area (Å²) in [7, 11) is -3.35. The molecule has 0 fully saturated rings. The Morgan fingerprint density at radius 2 is 2.14 bits per heavy atom. The van der Waals surface area contributed by atoms with Crippen LogP contribution in [0.1, 0.15) is 30.9 Å². The van der Waals surface area contributed by atoms with E-state index in [1.54, 1.807) is 4.68 Å². The Morgan fingerprint density at radius 3 is 2.86 bits per heavy atom. The van der Waals surface area contributed by atoms with Gasteiger partial charge in [-0.05, 0) is 18.9 Å². The van der Waals surface area contributed by atoms with Crippen LogP contribution in [0, 0.1) is 6.92 Å². The van der Waals surface area contributed by atoms with Crippen LogP contribution in [-0.4, -0.2) is 28.9 Å². The van der Waals surface area contributed by atoms with Crippen molar-refractivity contribution in [3.63, 3.8) is 0 Å². The average Bonchev–Trinajstić information content (AvgIpc) is 2.83. The van der Waals surface area contributed by atoms with E-state index >= 15 is 0 Å². The van der Waals surface area contributed by atoms with Crippen LogP contribution in [0.15, 0.2) is 30.6 Å². The fourth-order valence-electron chi connectivity index (χ4n) is 1.94. The average molecular weight is 308 g/mol. The van der Waals surface area contributed by atoms with Crippen LogP contribution in [0.5, 0.6) is 0 Å². The summed E-state index contributed by atoms with van der Waals surface area (Å²) in [5, 5.41) is 4.14. The topological polar surface area (TPSA) is 76.9 Å². The molecule has 0 radical (unpaired) electrons. The Labute approximate surface area is 125 Å². The van der Waals surface area contributed by atoms with Gasteiger partial charge in [-0.25, -0.2) is 17.8 Å². The maximum atomic E-state index is 11.8. The van der Waals surface area contributed by atoms with Gasteiger partial charge in [-0.3, -0.25) is 0 Å². The molecular weight excluding hydrogens is 288 g/mol. The van der Waals surface area contributed by atoms with E-state index in [2.05, 4.69) is 20.9 Å². The normalized spacial score (nSPS) is 11.5. The highest BCUT2D eigenvalue weighted by atomic mass is 32.2. The summed E-state index contributed by atoms with van der Waals surface area (Å²) in [5.41, 5.74) is 2.27. The third-order valence-corrected chi connectivity index (χ3v) is 4.30. The molecule has 2 aromatic rings. The van der Waals surface area contributed by atoms with E-state index < -0.39 is 10.0 Å². The minimum Gasteiger partial charge on any atom is -0.250 e. The van der Waals surface area contributed by atoms with Crippen LogP contribution in [-0.2, 0) is 16.6 Å². The molecule has 1 aromatic heterocycles. The summed E-state index contributed by atoms with van der Waals surface area (Å²) in [6, 6.07) is 8.07. The molecule has 0 bridgehead atoms. The molecule has 7 heteroatoms. The Bertz CT molecular complexity index is 695. The highest BCUT2D eigenvalue weighted by Crippen LogP contribution is 2.08. The van der Waals surface area contributed by atoms with Gasteiger partial charge in [-0.1, -0.05) is 43.2 Å². The van der Waals surface area contributed by atoms with Crippen LogP contribution in [0.3, 0.4) is 0 Å². The molecule has 0 unspecified atom stereocenters. The lowest BCUT2D eigenvalue weighted by Crippen LogP contribution is -2.17. The number of nitrogens with one attached hydrogen (secondary N) is 1. The third-order valence-electron chi connectivity index (χ3n) is 2.98. The molecule has 0 amide bonds. The number of sulfonamides is 1. The first kappa shape index (κ1) is 15.5. The van der Waals surface area contributed by atoms with Crippen LogP contribution in [0.4, 0.5) is 5.95 Å². The van der Waals surface area contributed by atoms with E-state index in [4.69, 9.17) is 0 Å². The smallest absolute Gasteiger partial charge is 0.250 e. The van der Waals surface area contributed by atoms with Gasteiger partial charge in [0.25, 0.3) is 5.95 Å². The van der Waals surface area contributed by atoms with Gasteiger partial charge in [0.2, 0.25) is 10.0 Å². The number of hydrogen-bond acceptors (Lipinski definition) is 4. The van der Waals surface area contributed by atoms with Gasteiger partial charge in [0.15, 0.2) is 0 Å². The molecule has 0 saturated carbocycles. The van der Waals surface area contributed by atoms with Gasteiger partial charge in [0.1, 0.15) is 6.33 Å². The van der Waals surface area contributed by atoms with E-state index in [1.807, 2.05) is 32.0 Å². The minimum atomic E-state index is -3.35. The summed E-state index contributed by atoms with van der Waals surface area (Å²) < 4.78 is 27.6. The molecular formula is C14H20N4O2S. The Kier molecular flexibility index (Phi) is 4.95. The Hall–Kier alpha value is -1.89. The van der Waals surface area contributed by atoms with E-state index in [1.165, 1.54) is 11.9 Å². The molecule has 114 valence electrons. The number of anilines is 1. The number of aromatic nitrogens is 3. The molecule has 1 N–H and O–H groups in total. The maximum Gasteiger partial charge on any atom is 0.255 e. The first-order chi connectivity index (χ1) is 9.98. The zero-order valence-electron chi connectivity index (χ0n) is 12.3. The van der Waals surface area contributed by atoms with Crippen LogP contribution in [0.25, 0.3) is 0 Å². The van der Waals surface area contributed by atoms with Crippen molar-refractivity contribution in [2.24, 2.45) is 0 Å². The summed E-state index contributed by atoms with van der Waals surface area (Å²) >= 11 is 0. The monoisotopic (exact) mass is 308 g/mol. The zero-order valence-corrected chi connectivity index (χ0v) is 13.1. The molecule has 0 aliphatic heterocycles. The molecule has 0 saturated heterocycles. The number of nitrogens with zero attached hydrogens (tertiary/aromatic N) is 3. The second-order valence-electron chi connectivity index (χ2n) is 5.03. The van der Waals surface area contributed by atoms with Crippen LogP contribution >= 0.6 is 0 Å². The van der Waals surface area contributed by atoms with E-state index in [0.29, 0.717) is 13.0 Å². The van der Waals surface area contributed by atoms with Crippen molar-refractivity contribution in [2.45, 2.75) is 33.2 Å². The number of hydrogen-bond donors (Lipinski definition) is 1. The second kappa shape index (κ2) is 6.71. The molecule has 0 aliphatic rings. The molecule has 1 aromatic carbocycles. The largest absolute Gasteiger partial charge is 0.255 e. The minimum absolute atomic E-state index is 0.0932. The van der Waals surface area contributed by atoms with Crippen molar-refractivity contribution >= 4 is 16.0 Å². The van der Waals surface area contributed by atoms with Gasteiger partial charge in [-0.15, -0.1) is 5.10 Å². The fraction of sp³-hybridized carbons (Fsp3) is 0.429. The second-order valence-corrected chi connectivity index (χ2v) is 6.87. The molecule has 21 heavy (non-hydrogen) atoms. The molecule has 6 nitrogen and oxygen atoms in total. The summed E-state index contributed by atoms with van der Waals surface area (Å²) in [6.45, 7) is 4.54. The van der Waals surface area contributed by atoms with Crippen molar-refractivity contribution in [3.8, 4) is 0 Å². The van der Waals surface area contributed by atoms with Crippen molar-refractivity contribution in [1.29, 1.82) is 0 Å². The quantitative estimate of drug-likeness (QED) is 0.850. The van der Waals surface area contributed by atoms with Gasteiger partial charge in [0.05, 0.1) is 12.3 Å². The van der Waals surface area contributed by atoms with Gasteiger partial charge < -0.3 is 0 Å². The molecule has 0 atom stereocenters. The lowest BCUT2D eigenvalue weighted by Gasteiger charge is -2.04. The maximum absolute atomic E-state index is 11.8. The highest BCUT2D eigenvalue weighted by molar-refractivity contribution is 7.92. The SMILES string of the molecule is CCCCS(=O)(=O)Nc1ncn(Cc2cccc(C)c2)n1. The summed E-state index contributed by atoms with van der Waals surface area (Å²) in [4.78, 5) is 3.99. The molecule has 1 heterocycles. The number of rotatable bonds is 7. The Morgan fingerprint density at radius 1 is 1.33 bits per heavy atom. The molecule has 2 rings (SSSR count). The van der Waals surface area contributed by atoms with Crippen LogP contribution < -0.4 is 4.72 Å².